The van der Waals surface area contributed by atoms with Crippen molar-refractivity contribution in [2.45, 2.75) is 12.3 Å². The maximum atomic E-state index is 12.7. The summed E-state index contributed by atoms with van der Waals surface area (Å²) in [5.41, 5.74) is 5.46. The number of amides is 1. The van der Waals surface area contributed by atoms with Crippen molar-refractivity contribution in [3.63, 3.8) is 0 Å². The highest BCUT2D eigenvalue weighted by atomic mass is 16.6. The fourth-order valence-electron chi connectivity index (χ4n) is 3.89. The number of rotatable bonds is 7. The number of carboxylic acids is 1. The molecular weight excluding hydrogens is 380 g/mol. The fourth-order valence-corrected chi connectivity index (χ4v) is 3.89. The Balaban J connectivity index is 1.46. The molecule has 3 aromatic rings. The molecule has 0 saturated heterocycles. The Kier molecular flexibility index (Phi) is 5.75. The Morgan fingerprint density at radius 2 is 1.63 bits per heavy atom. The number of fused-ring (bicyclic) bond motifs is 3. The van der Waals surface area contributed by atoms with E-state index in [4.69, 9.17) is 4.74 Å². The van der Waals surface area contributed by atoms with Crippen molar-refractivity contribution in [1.29, 1.82) is 0 Å². The molecule has 1 heterocycles. The van der Waals surface area contributed by atoms with Crippen molar-refractivity contribution >= 4 is 12.1 Å². The molecule has 6 nitrogen and oxygen atoms in total. The van der Waals surface area contributed by atoms with Gasteiger partial charge in [-0.05, 0) is 40.3 Å². The molecule has 0 bridgehead atoms. The summed E-state index contributed by atoms with van der Waals surface area (Å²) in [6, 6.07) is 19.9. The van der Waals surface area contributed by atoms with Crippen LogP contribution in [-0.4, -0.2) is 46.7 Å². The van der Waals surface area contributed by atoms with Gasteiger partial charge in [0.1, 0.15) is 13.2 Å². The fraction of sp³-hybridized carbons (Fsp3) is 0.208. The van der Waals surface area contributed by atoms with E-state index in [9.17, 15) is 14.7 Å². The predicted octanol–water partition coefficient (Wildman–Crippen LogP) is 3.96. The van der Waals surface area contributed by atoms with E-state index in [-0.39, 0.29) is 19.1 Å². The molecule has 1 aromatic heterocycles. The van der Waals surface area contributed by atoms with Gasteiger partial charge in [-0.1, -0.05) is 54.6 Å². The number of pyridine rings is 1. The van der Waals surface area contributed by atoms with E-state index >= 15 is 0 Å². The van der Waals surface area contributed by atoms with Crippen molar-refractivity contribution in [3.05, 3.63) is 89.7 Å². The molecule has 1 N–H and O–H groups in total. The third kappa shape index (κ3) is 4.17. The molecule has 2 aromatic carbocycles. The lowest BCUT2D eigenvalue weighted by atomic mass is 9.98. The summed E-state index contributed by atoms with van der Waals surface area (Å²) in [6.07, 6.45) is 3.26. The van der Waals surface area contributed by atoms with Gasteiger partial charge < -0.3 is 9.84 Å². The van der Waals surface area contributed by atoms with Crippen LogP contribution < -0.4 is 0 Å². The zero-order valence-electron chi connectivity index (χ0n) is 16.4. The number of hydrogen-bond donors (Lipinski definition) is 1. The molecule has 152 valence electrons. The van der Waals surface area contributed by atoms with Crippen LogP contribution in [-0.2, 0) is 16.0 Å². The molecular formula is C24H22N2O4. The van der Waals surface area contributed by atoms with Gasteiger partial charge in [-0.25, -0.2) is 4.79 Å². The number of aromatic nitrogens is 1. The van der Waals surface area contributed by atoms with Crippen molar-refractivity contribution in [2.24, 2.45) is 0 Å². The van der Waals surface area contributed by atoms with E-state index in [0.29, 0.717) is 6.42 Å². The molecule has 0 saturated carbocycles. The lowest BCUT2D eigenvalue weighted by molar-refractivity contribution is -0.138. The first kappa shape index (κ1) is 19.6. The molecule has 4 rings (SSSR count). The third-order valence-electron chi connectivity index (χ3n) is 5.31. The predicted molar refractivity (Wildman–Crippen MR) is 112 cm³/mol. The highest BCUT2D eigenvalue weighted by Crippen LogP contribution is 2.44. The Hall–Kier alpha value is -3.67. The van der Waals surface area contributed by atoms with Crippen molar-refractivity contribution < 1.29 is 19.4 Å². The molecule has 1 amide bonds. The molecule has 1 aliphatic rings. The van der Waals surface area contributed by atoms with Crippen LogP contribution in [0.2, 0.25) is 0 Å². The number of carbonyl (C=O) groups excluding carboxylic acids is 1. The Morgan fingerprint density at radius 3 is 2.23 bits per heavy atom. The van der Waals surface area contributed by atoms with E-state index in [1.54, 1.807) is 12.4 Å². The maximum absolute atomic E-state index is 12.7. The molecule has 30 heavy (non-hydrogen) atoms. The van der Waals surface area contributed by atoms with Crippen molar-refractivity contribution in [3.8, 4) is 11.1 Å². The first-order chi connectivity index (χ1) is 14.6. The second kappa shape index (κ2) is 8.78. The largest absolute Gasteiger partial charge is 0.480 e. The highest BCUT2D eigenvalue weighted by molar-refractivity contribution is 5.79. The Bertz CT molecular complexity index is 1010. The topological polar surface area (TPSA) is 79.7 Å². The number of benzene rings is 2. The zero-order chi connectivity index (χ0) is 20.9. The molecule has 0 aliphatic heterocycles. The minimum absolute atomic E-state index is 0.0636. The average molecular weight is 402 g/mol. The minimum atomic E-state index is -1.07. The summed E-state index contributed by atoms with van der Waals surface area (Å²) >= 11 is 0. The second-order valence-electron chi connectivity index (χ2n) is 7.23. The first-order valence-electron chi connectivity index (χ1n) is 9.84. The zero-order valence-corrected chi connectivity index (χ0v) is 16.4. The van der Waals surface area contributed by atoms with E-state index in [1.165, 1.54) is 4.90 Å². The SMILES string of the molecule is O=C(O)CN(CCc1cccnc1)C(=O)OCC1c2ccccc2-c2ccccc21. The van der Waals surface area contributed by atoms with Gasteiger partial charge in [-0.15, -0.1) is 0 Å². The van der Waals surface area contributed by atoms with Crippen LogP contribution in [0.3, 0.4) is 0 Å². The van der Waals surface area contributed by atoms with Crippen LogP contribution >= 0.6 is 0 Å². The lowest BCUT2D eigenvalue weighted by Gasteiger charge is -2.22. The van der Waals surface area contributed by atoms with Gasteiger partial charge in [0.2, 0.25) is 0 Å². The highest BCUT2D eigenvalue weighted by Gasteiger charge is 2.30. The molecule has 0 radical (unpaired) electrons. The summed E-state index contributed by atoms with van der Waals surface area (Å²) in [5, 5.41) is 9.21. The number of hydrogen-bond acceptors (Lipinski definition) is 4. The monoisotopic (exact) mass is 402 g/mol. The summed E-state index contributed by atoms with van der Waals surface area (Å²) in [4.78, 5) is 29.2. The van der Waals surface area contributed by atoms with E-state index in [0.717, 1.165) is 27.8 Å². The van der Waals surface area contributed by atoms with Gasteiger partial charge in [-0.3, -0.25) is 14.7 Å². The van der Waals surface area contributed by atoms with Crippen LogP contribution in [0.4, 0.5) is 4.79 Å². The van der Waals surface area contributed by atoms with Crippen molar-refractivity contribution in [2.75, 3.05) is 19.7 Å². The maximum Gasteiger partial charge on any atom is 0.410 e. The Morgan fingerprint density at radius 1 is 0.967 bits per heavy atom. The minimum Gasteiger partial charge on any atom is -0.480 e. The van der Waals surface area contributed by atoms with Crippen LogP contribution in [0.15, 0.2) is 73.1 Å². The molecule has 0 spiro atoms. The summed E-state index contributed by atoms with van der Waals surface area (Å²) in [5.74, 6) is -1.14. The van der Waals surface area contributed by atoms with Gasteiger partial charge in [0.25, 0.3) is 0 Å². The number of aliphatic carboxylic acids is 1. The van der Waals surface area contributed by atoms with Crippen LogP contribution in [0.1, 0.15) is 22.6 Å². The smallest absolute Gasteiger partial charge is 0.410 e. The summed E-state index contributed by atoms with van der Waals surface area (Å²) in [6.45, 7) is 0.00146. The molecule has 1 aliphatic carbocycles. The van der Waals surface area contributed by atoms with Crippen molar-refractivity contribution in [1.82, 2.24) is 9.88 Å². The normalized spacial score (nSPS) is 12.1. The summed E-state index contributed by atoms with van der Waals surface area (Å²) < 4.78 is 5.60. The van der Waals surface area contributed by atoms with E-state index < -0.39 is 18.6 Å². The number of carboxylic acid groups (broad SMARTS) is 1. The molecule has 0 fully saturated rings. The van der Waals surface area contributed by atoms with Gasteiger partial charge in [-0.2, -0.15) is 0 Å². The van der Waals surface area contributed by atoms with Gasteiger partial charge in [0.05, 0.1) is 0 Å². The van der Waals surface area contributed by atoms with Crippen LogP contribution in [0.5, 0.6) is 0 Å². The van der Waals surface area contributed by atoms with Gasteiger partial charge in [0.15, 0.2) is 0 Å². The van der Waals surface area contributed by atoms with Crippen LogP contribution in [0.25, 0.3) is 11.1 Å². The van der Waals surface area contributed by atoms with E-state index in [2.05, 4.69) is 17.1 Å². The average Bonchev–Trinajstić information content (AvgIpc) is 3.09. The van der Waals surface area contributed by atoms with E-state index in [1.807, 2.05) is 48.5 Å². The second-order valence-corrected chi connectivity index (χ2v) is 7.23. The van der Waals surface area contributed by atoms with Gasteiger partial charge >= 0.3 is 12.1 Å². The number of nitrogens with zero attached hydrogens (tertiary/aromatic N) is 2. The molecule has 6 heteroatoms. The quantitative estimate of drug-likeness (QED) is 0.647. The van der Waals surface area contributed by atoms with Gasteiger partial charge in [0, 0.05) is 24.9 Å². The molecule has 0 atom stereocenters. The van der Waals surface area contributed by atoms with Crippen LogP contribution in [0, 0.1) is 0 Å². The number of carbonyl (C=O) groups is 2. The standard InChI is InChI=1S/C24H22N2O4/c27-23(28)15-26(13-11-17-6-5-12-25-14-17)24(29)30-16-22-20-9-3-1-7-18(20)19-8-2-4-10-21(19)22/h1-10,12,14,22H,11,13,15-16H2,(H,27,28). The number of ether oxygens (including phenoxy) is 1. The summed E-state index contributed by atoms with van der Waals surface area (Å²) in [7, 11) is 0. The molecule has 0 unspecified atom stereocenters. The first-order valence-corrected chi connectivity index (χ1v) is 9.84. The Labute approximate surface area is 174 Å². The third-order valence-corrected chi connectivity index (χ3v) is 5.31. The lowest BCUT2D eigenvalue weighted by Crippen LogP contribution is -2.38.